The molecule has 2 N–H and O–H groups in total. The van der Waals surface area contributed by atoms with Gasteiger partial charge in [-0.2, -0.15) is 0 Å². The number of aliphatic hydroxyl groups is 1. The molecule has 1 atom stereocenters. The smallest absolute Gasteiger partial charge is 0.119 e. The number of rotatable bonds is 6. The maximum absolute atomic E-state index is 10.1. The highest BCUT2D eigenvalue weighted by atomic mass is 79.9. The number of hydrogen-bond donors (Lipinski definition) is 2. The van der Waals surface area contributed by atoms with Crippen LogP contribution in [0.4, 0.5) is 0 Å². The van der Waals surface area contributed by atoms with Gasteiger partial charge in [-0.25, -0.2) is 0 Å². The number of benzene rings is 2. The second-order valence-electron chi connectivity index (χ2n) is 4.55. The van der Waals surface area contributed by atoms with E-state index in [2.05, 4.69) is 33.4 Å². The Labute approximate surface area is 127 Å². The van der Waals surface area contributed by atoms with Gasteiger partial charge in [-0.3, -0.25) is 0 Å². The number of ether oxygens (including phenoxy) is 1. The number of nitrogens with one attached hydrogen (secondary N) is 1. The summed E-state index contributed by atoms with van der Waals surface area (Å²) in [6.07, 6.45) is -0.541. The molecule has 1 unspecified atom stereocenters. The zero-order valence-electron chi connectivity index (χ0n) is 11.3. The zero-order valence-corrected chi connectivity index (χ0v) is 12.9. The average Bonchev–Trinajstić information content (AvgIpc) is 2.49. The van der Waals surface area contributed by atoms with Crippen molar-refractivity contribution in [1.82, 2.24) is 5.32 Å². The first-order valence-electron chi connectivity index (χ1n) is 6.46. The molecule has 0 aliphatic heterocycles. The van der Waals surface area contributed by atoms with Crippen LogP contribution in [0.3, 0.4) is 0 Å². The Hall–Kier alpha value is -1.36. The van der Waals surface area contributed by atoms with E-state index in [9.17, 15) is 5.11 Å². The first kappa shape index (κ1) is 15.0. The molecule has 0 saturated carbocycles. The van der Waals surface area contributed by atoms with Crippen molar-refractivity contribution in [3.05, 3.63) is 64.1 Å². The summed E-state index contributed by atoms with van der Waals surface area (Å²) in [4.78, 5) is 0. The maximum Gasteiger partial charge on any atom is 0.119 e. The summed E-state index contributed by atoms with van der Waals surface area (Å²) in [7, 11) is 1.62. The van der Waals surface area contributed by atoms with Gasteiger partial charge in [0.1, 0.15) is 5.75 Å². The fraction of sp³-hybridized carbons (Fsp3) is 0.250. The van der Waals surface area contributed by atoms with Gasteiger partial charge in [0.05, 0.1) is 13.2 Å². The first-order valence-corrected chi connectivity index (χ1v) is 7.25. The fourth-order valence-corrected chi connectivity index (χ4v) is 2.19. The molecule has 0 aromatic heterocycles. The summed E-state index contributed by atoms with van der Waals surface area (Å²) >= 11 is 3.41. The number of aliphatic hydroxyl groups excluding tert-OH is 1. The van der Waals surface area contributed by atoms with Gasteiger partial charge in [0, 0.05) is 17.6 Å². The molecule has 20 heavy (non-hydrogen) atoms. The molecular formula is C16H18BrNO2. The van der Waals surface area contributed by atoms with E-state index < -0.39 is 6.10 Å². The summed E-state index contributed by atoms with van der Waals surface area (Å²) in [5, 5.41) is 13.4. The van der Waals surface area contributed by atoms with Crippen molar-refractivity contribution in [3.8, 4) is 5.75 Å². The highest BCUT2D eigenvalue weighted by molar-refractivity contribution is 9.10. The predicted molar refractivity (Wildman–Crippen MR) is 83.8 cm³/mol. The number of halogens is 1. The quantitative estimate of drug-likeness (QED) is 0.851. The predicted octanol–water partition coefficient (Wildman–Crippen LogP) is 3.28. The van der Waals surface area contributed by atoms with Crippen molar-refractivity contribution in [3.63, 3.8) is 0 Å². The third-order valence-electron chi connectivity index (χ3n) is 3.06. The van der Waals surface area contributed by atoms with E-state index in [1.807, 2.05) is 36.4 Å². The summed E-state index contributed by atoms with van der Waals surface area (Å²) in [5.74, 6) is 0.759. The van der Waals surface area contributed by atoms with Crippen LogP contribution in [0, 0.1) is 0 Å². The van der Waals surface area contributed by atoms with Gasteiger partial charge in [0.15, 0.2) is 0 Å². The largest absolute Gasteiger partial charge is 0.497 e. The molecule has 0 heterocycles. The van der Waals surface area contributed by atoms with Crippen molar-refractivity contribution >= 4 is 15.9 Å². The lowest BCUT2D eigenvalue weighted by molar-refractivity contribution is 0.174. The minimum atomic E-state index is -0.541. The van der Waals surface area contributed by atoms with Crippen LogP contribution >= 0.6 is 15.9 Å². The van der Waals surface area contributed by atoms with Crippen LogP contribution in [0.1, 0.15) is 17.2 Å². The van der Waals surface area contributed by atoms with Crippen molar-refractivity contribution in [1.29, 1.82) is 0 Å². The van der Waals surface area contributed by atoms with Crippen molar-refractivity contribution in [2.45, 2.75) is 12.6 Å². The third-order valence-corrected chi connectivity index (χ3v) is 3.59. The summed E-state index contributed by atoms with van der Waals surface area (Å²) in [6, 6.07) is 15.6. The van der Waals surface area contributed by atoms with E-state index in [-0.39, 0.29) is 0 Å². The molecular weight excluding hydrogens is 318 g/mol. The Kier molecular flexibility index (Phi) is 5.59. The van der Waals surface area contributed by atoms with Crippen LogP contribution in [0.2, 0.25) is 0 Å². The topological polar surface area (TPSA) is 41.5 Å². The molecule has 0 fully saturated rings. The maximum atomic E-state index is 10.1. The normalized spacial score (nSPS) is 12.2. The molecule has 0 spiro atoms. The molecule has 2 aromatic carbocycles. The van der Waals surface area contributed by atoms with Crippen LogP contribution in [-0.4, -0.2) is 18.8 Å². The zero-order chi connectivity index (χ0) is 14.4. The van der Waals surface area contributed by atoms with Crippen LogP contribution in [0.5, 0.6) is 5.75 Å². The minimum absolute atomic E-state index is 0.503. The van der Waals surface area contributed by atoms with E-state index in [0.717, 1.165) is 22.3 Å². The third kappa shape index (κ3) is 4.34. The van der Waals surface area contributed by atoms with Crippen molar-refractivity contribution < 1.29 is 9.84 Å². The molecule has 106 valence electrons. The van der Waals surface area contributed by atoms with Gasteiger partial charge in [0.25, 0.3) is 0 Å². The van der Waals surface area contributed by atoms with Gasteiger partial charge in [0.2, 0.25) is 0 Å². The molecule has 2 rings (SSSR count). The fourth-order valence-electron chi connectivity index (χ4n) is 1.92. The first-order chi connectivity index (χ1) is 9.69. The molecule has 2 aromatic rings. The Bertz CT molecular complexity index is 542. The molecule has 4 heteroatoms. The van der Waals surface area contributed by atoms with Gasteiger partial charge < -0.3 is 15.2 Å². The molecule has 0 amide bonds. The van der Waals surface area contributed by atoms with Crippen LogP contribution < -0.4 is 10.1 Å². The molecule has 0 saturated heterocycles. The highest BCUT2D eigenvalue weighted by Crippen LogP contribution is 2.18. The highest BCUT2D eigenvalue weighted by Gasteiger charge is 2.07. The van der Waals surface area contributed by atoms with Crippen LogP contribution in [-0.2, 0) is 6.54 Å². The van der Waals surface area contributed by atoms with Gasteiger partial charge >= 0.3 is 0 Å². The minimum Gasteiger partial charge on any atom is -0.497 e. The number of hydrogen-bond acceptors (Lipinski definition) is 3. The average molecular weight is 336 g/mol. The SMILES string of the molecule is COc1cccc(C(O)CNCc2ccc(Br)cc2)c1. The molecule has 0 bridgehead atoms. The standard InChI is InChI=1S/C16H18BrNO2/c1-20-15-4-2-3-13(9-15)16(19)11-18-10-12-5-7-14(17)8-6-12/h2-9,16,18-19H,10-11H2,1H3. The van der Waals surface area contributed by atoms with Crippen LogP contribution in [0.25, 0.3) is 0 Å². The molecule has 0 radical (unpaired) electrons. The summed E-state index contributed by atoms with van der Waals surface area (Å²) < 4.78 is 6.22. The molecule has 0 aliphatic rings. The lowest BCUT2D eigenvalue weighted by Crippen LogP contribution is -2.21. The van der Waals surface area contributed by atoms with E-state index in [4.69, 9.17) is 4.74 Å². The van der Waals surface area contributed by atoms with E-state index >= 15 is 0 Å². The Morgan fingerprint density at radius 3 is 2.65 bits per heavy atom. The van der Waals surface area contributed by atoms with E-state index in [1.54, 1.807) is 7.11 Å². The van der Waals surface area contributed by atoms with Crippen LogP contribution in [0.15, 0.2) is 53.0 Å². The lowest BCUT2D eigenvalue weighted by atomic mass is 10.1. The Balaban J connectivity index is 1.85. The monoisotopic (exact) mass is 335 g/mol. The molecule has 0 aliphatic carbocycles. The van der Waals surface area contributed by atoms with Crippen molar-refractivity contribution in [2.75, 3.05) is 13.7 Å². The second-order valence-corrected chi connectivity index (χ2v) is 5.47. The lowest BCUT2D eigenvalue weighted by Gasteiger charge is -2.13. The summed E-state index contributed by atoms with van der Waals surface area (Å²) in [6.45, 7) is 1.23. The Morgan fingerprint density at radius 2 is 1.95 bits per heavy atom. The van der Waals surface area contributed by atoms with Gasteiger partial charge in [-0.1, -0.05) is 40.2 Å². The van der Waals surface area contributed by atoms with E-state index in [0.29, 0.717) is 6.54 Å². The number of methoxy groups -OCH3 is 1. The molecule has 3 nitrogen and oxygen atoms in total. The van der Waals surface area contributed by atoms with Gasteiger partial charge in [-0.05, 0) is 35.4 Å². The summed E-state index contributed by atoms with van der Waals surface area (Å²) in [5.41, 5.74) is 2.04. The van der Waals surface area contributed by atoms with Crippen molar-refractivity contribution in [2.24, 2.45) is 0 Å². The van der Waals surface area contributed by atoms with E-state index in [1.165, 1.54) is 5.56 Å². The Morgan fingerprint density at radius 1 is 1.20 bits per heavy atom. The van der Waals surface area contributed by atoms with Gasteiger partial charge in [-0.15, -0.1) is 0 Å². The second kappa shape index (κ2) is 7.43.